The Labute approximate surface area is 193 Å². The lowest BCUT2D eigenvalue weighted by molar-refractivity contribution is 0.190. The molecule has 11 heteroatoms. The largest absolute Gasteiger partial charge is 0.495 e. The van der Waals surface area contributed by atoms with Gasteiger partial charge >= 0.3 is 0 Å². The second kappa shape index (κ2) is 8.54. The van der Waals surface area contributed by atoms with Crippen molar-refractivity contribution in [2.45, 2.75) is 31.8 Å². The number of rotatable bonds is 7. The fraction of sp³-hybridized carbons (Fsp3) is 0.500. The molecule has 3 aromatic rings. The Hall–Kier alpha value is -2.76. The number of nitrogens with zero attached hydrogens (tertiary/aromatic N) is 5. The molecule has 1 saturated carbocycles. The number of aromatic nitrogens is 4. The summed E-state index contributed by atoms with van der Waals surface area (Å²) in [5.41, 5.74) is 4.20. The normalized spacial score (nSPS) is 20.9. The third kappa shape index (κ3) is 4.66. The molecule has 33 heavy (non-hydrogen) atoms. The van der Waals surface area contributed by atoms with Gasteiger partial charge in [-0.3, -0.25) is 0 Å². The van der Waals surface area contributed by atoms with Crippen molar-refractivity contribution in [3.63, 3.8) is 0 Å². The molecular weight excluding hydrogens is 442 g/mol. The second-order valence-electron chi connectivity index (χ2n) is 9.11. The summed E-state index contributed by atoms with van der Waals surface area (Å²) >= 11 is 0. The predicted octanol–water partition coefficient (Wildman–Crippen LogP) is 2.07. The molecule has 2 N–H and O–H groups in total. The SMILES string of the molecule is COc1cc2c(cc1Nc1ncc3cnn(C4CC(CNS(C)(=O)=O)C4)c3n1)CN(C)CC2. The summed E-state index contributed by atoms with van der Waals surface area (Å²) in [5, 5.41) is 8.73. The van der Waals surface area contributed by atoms with E-state index < -0.39 is 10.0 Å². The third-order valence-corrected chi connectivity index (χ3v) is 7.19. The Bertz CT molecular complexity index is 1280. The first-order valence-electron chi connectivity index (χ1n) is 11.1. The number of methoxy groups -OCH3 is 1. The van der Waals surface area contributed by atoms with Crippen molar-refractivity contribution in [1.29, 1.82) is 0 Å². The van der Waals surface area contributed by atoms with E-state index in [9.17, 15) is 8.42 Å². The summed E-state index contributed by atoms with van der Waals surface area (Å²) in [4.78, 5) is 11.5. The van der Waals surface area contributed by atoms with E-state index in [1.165, 1.54) is 17.4 Å². The van der Waals surface area contributed by atoms with E-state index >= 15 is 0 Å². The zero-order valence-corrected chi connectivity index (χ0v) is 19.9. The molecule has 10 nitrogen and oxygen atoms in total. The highest BCUT2D eigenvalue weighted by atomic mass is 32.2. The van der Waals surface area contributed by atoms with Crippen LogP contribution in [0.2, 0.25) is 0 Å². The number of anilines is 2. The molecule has 0 saturated heterocycles. The first kappa shape index (κ1) is 22.1. The molecule has 1 aliphatic heterocycles. The maximum atomic E-state index is 11.3. The molecule has 1 fully saturated rings. The van der Waals surface area contributed by atoms with E-state index in [0.717, 1.165) is 54.8 Å². The molecule has 0 spiro atoms. The van der Waals surface area contributed by atoms with Crippen LogP contribution in [0.4, 0.5) is 11.6 Å². The summed E-state index contributed by atoms with van der Waals surface area (Å²) in [6.45, 7) is 2.40. The van der Waals surface area contributed by atoms with E-state index in [4.69, 9.17) is 9.72 Å². The van der Waals surface area contributed by atoms with E-state index in [0.29, 0.717) is 18.4 Å². The third-order valence-electron chi connectivity index (χ3n) is 6.50. The second-order valence-corrected chi connectivity index (χ2v) is 10.9. The van der Waals surface area contributed by atoms with Crippen molar-refractivity contribution in [2.75, 3.05) is 38.8 Å². The Morgan fingerprint density at radius 3 is 2.79 bits per heavy atom. The van der Waals surface area contributed by atoms with Gasteiger partial charge < -0.3 is 15.0 Å². The molecule has 1 aliphatic carbocycles. The first-order chi connectivity index (χ1) is 15.8. The minimum absolute atomic E-state index is 0.199. The predicted molar refractivity (Wildman–Crippen MR) is 126 cm³/mol. The lowest BCUT2D eigenvalue weighted by atomic mass is 9.80. The zero-order chi connectivity index (χ0) is 23.2. The van der Waals surface area contributed by atoms with Crippen molar-refractivity contribution < 1.29 is 13.2 Å². The minimum Gasteiger partial charge on any atom is -0.495 e. The highest BCUT2D eigenvalue weighted by Gasteiger charge is 2.32. The van der Waals surface area contributed by atoms with E-state index in [1.807, 2.05) is 4.68 Å². The van der Waals surface area contributed by atoms with Crippen LogP contribution in [0.5, 0.6) is 5.75 Å². The van der Waals surface area contributed by atoms with Crippen LogP contribution in [-0.4, -0.2) is 66.6 Å². The van der Waals surface area contributed by atoms with Crippen LogP contribution in [0, 0.1) is 5.92 Å². The van der Waals surface area contributed by atoms with Crippen LogP contribution in [0.15, 0.2) is 24.5 Å². The molecule has 0 unspecified atom stereocenters. The average Bonchev–Trinajstić information content (AvgIpc) is 3.14. The van der Waals surface area contributed by atoms with Crippen LogP contribution in [0.1, 0.15) is 30.0 Å². The summed E-state index contributed by atoms with van der Waals surface area (Å²) in [5.74, 6) is 1.57. The van der Waals surface area contributed by atoms with E-state index in [-0.39, 0.29) is 6.04 Å². The van der Waals surface area contributed by atoms with Gasteiger partial charge in [0.25, 0.3) is 0 Å². The molecular formula is C22H29N7O3S. The number of fused-ring (bicyclic) bond motifs is 2. The molecule has 0 bridgehead atoms. The number of likely N-dealkylation sites (N-methyl/N-ethyl adjacent to an activating group) is 1. The Kier molecular flexibility index (Phi) is 5.71. The van der Waals surface area contributed by atoms with Gasteiger partial charge in [0.05, 0.1) is 36.7 Å². The van der Waals surface area contributed by atoms with Gasteiger partial charge in [-0.25, -0.2) is 22.8 Å². The molecule has 5 rings (SSSR count). The van der Waals surface area contributed by atoms with Crippen LogP contribution >= 0.6 is 0 Å². The quantitative estimate of drug-likeness (QED) is 0.538. The topological polar surface area (TPSA) is 114 Å². The van der Waals surface area contributed by atoms with Crippen LogP contribution in [0.25, 0.3) is 11.0 Å². The van der Waals surface area contributed by atoms with Gasteiger partial charge in [-0.1, -0.05) is 0 Å². The van der Waals surface area contributed by atoms with E-state index in [1.54, 1.807) is 19.5 Å². The highest BCUT2D eigenvalue weighted by molar-refractivity contribution is 7.88. The van der Waals surface area contributed by atoms with Crippen LogP contribution in [0.3, 0.4) is 0 Å². The van der Waals surface area contributed by atoms with E-state index in [2.05, 4.69) is 44.2 Å². The Morgan fingerprint density at radius 2 is 2.03 bits per heavy atom. The summed E-state index contributed by atoms with van der Waals surface area (Å²) in [6, 6.07) is 4.43. The van der Waals surface area contributed by atoms with Gasteiger partial charge in [-0.05, 0) is 55.5 Å². The van der Waals surface area contributed by atoms with Crippen molar-refractivity contribution in [1.82, 2.24) is 29.4 Å². The number of ether oxygens (including phenoxy) is 1. The molecule has 3 heterocycles. The first-order valence-corrected chi connectivity index (χ1v) is 13.0. The summed E-state index contributed by atoms with van der Waals surface area (Å²) in [6.07, 6.45) is 7.46. The Balaban J connectivity index is 1.35. The Morgan fingerprint density at radius 1 is 1.21 bits per heavy atom. The van der Waals surface area contributed by atoms with Gasteiger partial charge in [0.1, 0.15) is 5.75 Å². The van der Waals surface area contributed by atoms with Crippen LogP contribution in [-0.2, 0) is 23.0 Å². The molecule has 0 amide bonds. The molecule has 2 aliphatic rings. The molecule has 176 valence electrons. The standard InChI is InChI=1S/C22H29N7O3S/c1-28-5-4-15-9-20(32-2)19(8-16(15)13-28)26-22-23-11-17-12-24-29(21(17)27-22)18-6-14(7-18)10-25-33(3,30)31/h8-9,11-12,14,18,25H,4-7,10,13H2,1-3H3,(H,23,26,27). The zero-order valence-electron chi connectivity index (χ0n) is 19.1. The van der Waals surface area contributed by atoms with Crippen molar-refractivity contribution >= 4 is 32.7 Å². The van der Waals surface area contributed by atoms with Crippen LogP contribution < -0.4 is 14.8 Å². The van der Waals surface area contributed by atoms with Gasteiger partial charge in [-0.2, -0.15) is 10.1 Å². The van der Waals surface area contributed by atoms with Crippen molar-refractivity contribution in [3.05, 3.63) is 35.7 Å². The number of nitrogens with one attached hydrogen (secondary N) is 2. The van der Waals surface area contributed by atoms with Gasteiger partial charge in [0.15, 0.2) is 5.65 Å². The number of hydrogen-bond acceptors (Lipinski definition) is 8. The number of hydrogen-bond donors (Lipinski definition) is 2. The minimum atomic E-state index is -3.17. The smallest absolute Gasteiger partial charge is 0.229 e. The molecule has 1 aromatic carbocycles. The van der Waals surface area contributed by atoms with Gasteiger partial charge in [0.2, 0.25) is 16.0 Å². The van der Waals surface area contributed by atoms with Gasteiger partial charge in [0, 0.05) is 25.8 Å². The summed E-state index contributed by atoms with van der Waals surface area (Å²) < 4.78 is 32.8. The van der Waals surface area contributed by atoms with Crippen molar-refractivity contribution in [3.8, 4) is 5.75 Å². The fourth-order valence-electron chi connectivity index (χ4n) is 4.61. The molecule has 0 atom stereocenters. The highest BCUT2D eigenvalue weighted by Crippen LogP contribution is 2.39. The lowest BCUT2D eigenvalue weighted by Crippen LogP contribution is -2.37. The monoisotopic (exact) mass is 471 g/mol. The summed E-state index contributed by atoms with van der Waals surface area (Å²) in [7, 11) is 0.633. The average molecular weight is 472 g/mol. The number of sulfonamides is 1. The van der Waals surface area contributed by atoms with Gasteiger partial charge in [-0.15, -0.1) is 0 Å². The number of benzene rings is 1. The fourth-order valence-corrected chi connectivity index (χ4v) is 5.15. The molecule has 0 radical (unpaired) electrons. The van der Waals surface area contributed by atoms with Crippen molar-refractivity contribution in [2.24, 2.45) is 5.92 Å². The lowest BCUT2D eigenvalue weighted by Gasteiger charge is -2.35. The maximum Gasteiger partial charge on any atom is 0.229 e. The maximum absolute atomic E-state index is 11.3. The molecule has 2 aromatic heterocycles.